The van der Waals surface area contributed by atoms with Gasteiger partial charge in [0.1, 0.15) is 50.5 Å². The van der Waals surface area contributed by atoms with Crippen LogP contribution in [0.4, 0.5) is 5.69 Å². The number of fused-ring (bicyclic) bond motifs is 6. The zero-order valence-electron chi connectivity index (χ0n) is 36.7. The van der Waals surface area contributed by atoms with E-state index in [1.807, 2.05) is 109 Å². The molecule has 9 aromatic rings. The number of carbonyl (C=O) groups is 1. The lowest BCUT2D eigenvalue weighted by Gasteiger charge is -2.49. The molecule has 0 aliphatic carbocycles. The highest BCUT2D eigenvalue weighted by Gasteiger charge is 2.47. The summed E-state index contributed by atoms with van der Waals surface area (Å²) in [5.74, 6) is 2.16. The molecule has 330 valence electrons. The number of aromatic nitrogens is 4. The monoisotopic (exact) mass is 907 g/mol. The number of thiazole rings is 1. The fourth-order valence-corrected chi connectivity index (χ4v) is 11.9. The lowest BCUT2D eigenvalue weighted by atomic mass is 9.68. The van der Waals surface area contributed by atoms with Crippen molar-refractivity contribution in [3.05, 3.63) is 162 Å². The Labute approximate surface area is 393 Å². The molecular formula is C54H50AlN5O5S. The van der Waals surface area contributed by atoms with Gasteiger partial charge in [-0.15, -0.1) is 11.3 Å². The average Bonchev–Trinajstić information content (AvgIpc) is 3.75. The zero-order chi connectivity index (χ0) is 44.3. The van der Waals surface area contributed by atoms with E-state index in [1.54, 1.807) is 29.9 Å². The molecule has 12 heteroatoms. The standard InChI is InChI=1S/C26H28N2O2S.3C9H7NO.CH4.Al/c1-25(2)9-11-28-12-10-26(3,4)20-21(28)17(25)14-15-13-16(24(29)30-22(15)20)23-27-18-7-5-6-8-19(18)31-23;3*11-8-5-1-3-7-4-2-6-10-9(7)8;;/h5-8,14,16H,9-13H2,1-4H3;3*1-6,11H;1H4;/q;;;;;+3/p-3. The number of para-hydroxylation sites is 4. The van der Waals surface area contributed by atoms with Crippen molar-refractivity contribution >= 4 is 81.1 Å². The molecule has 7 heterocycles. The molecule has 1 atom stereocenters. The maximum atomic E-state index is 13.2. The molecule has 0 radical (unpaired) electrons. The minimum absolute atomic E-state index is 0. The van der Waals surface area contributed by atoms with Crippen molar-refractivity contribution in [2.45, 2.75) is 71.1 Å². The van der Waals surface area contributed by atoms with Gasteiger partial charge in [0.2, 0.25) is 0 Å². The normalized spacial score (nSPS) is 16.6. The zero-order valence-corrected chi connectivity index (χ0v) is 38.6. The first-order chi connectivity index (χ1) is 31.6. The van der Waals surface area contributed by atoms with Crippen molar-refractivity contribution in [2.24, 2.45) is 0 Å². The van der Waals surface area contributed by atoms with E-state index in [-0.39, 0.29) is 30.1 Å². The van der Waals surface area contributed by atoms with Crippen molar-refractivity contribution in [2.75, 3.05) is 18.0 Å². The summed E-state index contributed by atoms with van der Waals surface area (Å²) in [6.45, 7) is 11.5. The average molecular weight is 908 g/mol. The van der Waals surface area contributed by atoms with Crippen molar-refractivity contribution in [1.82, 2.24) is 19.9 Å². The summed E-state index contributed by atoms with van der Waals surface area (Å²) in [4.78, 5) is 34.1. The Morgan fingerprint density at radius 3 is 1.73 bits per heavy atom. The Hall–Kier alpha value is -6.58. The Bertz CT molecular complexity index is 3060. The van der Waals surface area contributed by atoms with Gasteiger partial charge in [-0.25, -0.2) is 4.98 Å². The number of pyridine rings is 3. The molecule has 0 N–H and O–H groups in total. The molecule has 5 aromatic carbocycles. The molecule has 1 unspecified atom stereocenters. The quantitative estimate of drug-likeness (QED) is 0.0871. The van der Waals surface area contributed by atoms with Gasteiger partial charge in [0.25, 0.3) is 0 Å². The third-order valence-corrected chi connectivity index (χ3v) is 15.5. The van der Waals surface area contributed by atoms with Gasteiger partial charge in [0, 0.05) is 59.1 Å². The van der Waals surface area contributed by atoms with Crippen LogP contribution >= 0.6 is 11.3 Å². The van der Waals surface area contributed by atoms with Gasteiger partial charge in [0.05, 0.1) is 10.2 Å². The SMILES string of the molecule is C.CC1(C)CCN2CCC(C)(C)c3c4c(cc1c32)CC(c1nc2ccccc2s1)C(=O)O4.c1cnc2c([O][Al]([O]c3cccc4cccnc34)[O]c3cccc4cccnc34)cccc2c1. The van der Waals surface area contributed by atoms with E-state index < -0.39 is 15.1 Å². The lowest BCUT2D eigenvalue weighted by molar-refractivity contribution is -0.137. The second-order valence-electron chi connectivity index (χ2n) is 18.2. The molecule has 0 spiro atoms. The van der Waals surface area contributed by atoms with Gasteiger partial charge < -0.3 is 21.0 Å². The number of ether oxygens (including phenoxy) is 1. The van der Waals surface area contributed by atoms with Crippen LogP contribution in [0.1, 0.15) is 75.6 Å². The molecule has 10 nitrogen and oxygen atoms in total. The van der Waals surface area contributed by atoms with Crippen molar-refractivity contribution in [3.8, 4) is 23.0 Å². The summed E-state index contributed by atoms with van der Waals surface area (Å²) in [6.07, 6.45) is 8.14. The number of anilines is 1. The topological polar surface area (TPSA) is 109 Å². The lowest BCUT2D eigenvalue weighted by Crippen LogP contribution is -2.45. The van der Waals surface area contributed by atoms with Crippen molar-refractivity contribution in [3.63, 3.8) is 0 Å². The van der Waals surface area contributed by atoms with E-state index in [2.05, 4.69) is 59.7 Å². The predicted molar refractivity (Wildman–Crippen MR) is 265 cm³/mol. The van der Waals surface area contributed by atoms with E-state index in [4.69, 9.17) is 21.1 Å². The number of hydrogen-bond acceptors (Lipinski definition) is 11. The summed E-state index contributed by atoms with van der Waals surface area (Å²) in [7, 11) is 0. The van der Waals surface area contributed by atoms with Gasteiger partial charge in [-0.05, 0) is 95.8 Å². The van der Waals surface area contributed by atoms with Gasteiger partial charge in [0.15, 0.2) is 0 Å². The second kappa shape index (κ2) is 17.3. The number of carbonyl (C=O) groups excluding carboxylic acids is 1. The highest BCUT2D eigenvalue weighted by atomic mass is 32.1. The Morgan fingerprint density at radius 2 is 1.18 bits per heavy atom. The van der Waals surface area contributed by atoms with Gasteiger partial charge in [-0.2, -0.15) is 0 Å². The molecule has 66 heavy (non-hydrogen) atoms. The van der Waals surface area contributed by atoms with E-state index in [1.165, 1.54) is 22.4 Å². The van der Waals surface area contributed by atoms with Crippen LogP contribution in [0.25, 0.3) is 42.9 Å². The first-order valence-corrected chi connectivity index (χ1v) is 24.4. The Morgan fingerprint density at radius 1 is 0.667 bits per heavy atom. The molecule has 0 amide bonds. The van der Waals surface area contributed by atoms with Crippen LogP contribution in [-0.4, -0.2) is 54.1 Å². The largest absolute Gasteiger partial charge is 1.20 e. The fourth-order valence-electron chi connectivity index (χ4n) is 9.47. The fraction of sp³-hybridized carbons (Fsp3) is 0.241. The minimum atomic E-state index is -2.86. The molecule has 0 saturated heterocycles. The summed E-state index contributed by atoms with van der Waals surface area (Å²) >= 11 is -1.24. The van der Waals surface area contributed by atoms with E-state index in [9.17, 15) is 4.79 Å². The molecule has 0 fully saturated rings. The Balaban J connectivity index is 0.000000153. The predicted octanol–water partition coefficient (Wildman–Crippen LogP) is 12.2. The van der Waals surface area contributed by atoms with Gasteiger partial charge in [-0.3, -0.25) is 19.7 Å². The number of esters is 1. The summed E-state index contributed by atoms with van der Waals surface area (Å²) < 4.78 is 26.5. The summed E-state index contributed by atoms with van der Waals surface area (Å²) in [5.41, 5.74) is 8.49. The number of nitrogens with zero attached hydrogens (tertiary/aromatic N) is 5. The maximum absolute atomic E-state index is 13.2. The highest BCUT2D eigenvalue weighted by molar-refractivity contribution is 7.18. The third kappa shape index (κ3) is 7.97. The van der Waals surface area contributed by atoms with E-state index >= 15 is 0 Å². The number of rotatable bonds is 7. The molecule has 3 aliphatic heterocycles. The first kappa shape index (κ1) is 43.3. The van der Waals surface area contributed by atoms with Crippen LogP contribution in [0, 0.1) is 0 Å². The molecular weight excluding hydrogens is 858 g/mol. The van der Waals surface area contributed by atoms with Crippen LogP contribution in [0.3, 0.4) is 0 Å². The van der Waals surface area contributed by atoms with Gasteiger partial charge in [-0.1, -0.05) is 102 Å². The smallest absolute Gasteiger partial charge is 0.576 e. The van der Waals surface area contributed by atoms with Crippen LogP contribution in [0.15, 0.2) is 140 Å². The van der Waals surface area contributed by atoms with Gasteiger partial charge >= 0.3 is 21.1 Å². The van der Waals surface area contributed by atoms with E-state index in [0.717, 1.165) is 79.6 Å². The van der Waals surface area contributed by atoms with Crippen LogP contribution in [0.2, 0.25) is 0 Å². The molecule has 4 aromatic heterocycles. The van der Waals surface area contributed by atoms with Crippen molar-refractivity contribution in [1.29, 1.82) is 0 Å². The summed E-state index contributed by atoms with van der Waals surface area (Å²) in [6, 6.07) is 39.6. The van der Waals surface area contributed by atoms with Crippen molar-refractivity contribution < 1.29 is 20.9 Å². The minimum Gasteiger partial charge on any atom is -0.576 e. The number of hydrogen-bond donors (Lipinski definition) is 0. The first-order valence-electron chi connectivity index (χ1n) is 22.1. The second-order valence-corrected chi connectivity index (χ2v) is 20.6. The molecule has 0 saturated carbocycles. The Kier molecular flexibility index (Phi) is 11.4. The van der Waals surface area contributed by atoms with Crippen LogP contribution < -0.4 is 21.0 Å². The molecule has 3 aliphatic rings. The highest BCUT2D eigenvalue weighted by Crippen LogP contribution is 2.55. The third-order valence-electron chi connectivity index (χ3n) is 13.0. The van der Waals surface area contributed by atoms with Crippen LogP contribution in [0.5, 0.6) is 23.0 Å². The van der Waals surface area contributed by atoms with Crippen LogP contribution in [-0.2, 0) is 22.0 Å². The molecule has 12 rings (SSSR count). The summed E-state index contributed by atoms with van der Waals surface area (Å²) in [5, 5.41) is 3.80. The maximum Gasteiger partial charge on any atom is 1.20 e. The molecule has 0 bridgehead atoms. The van der Waals surface area contributed by atoms with E-state index in [0.29, 0.717) is 23.7 Å². The number of benzene rings is 5.